The van der Waals surface area contributed by atoms with Crippen LogP contribution in [0, 0.1) is 0 Å². The molecule has 0 aromatic carbocycles. The molecule has 5 nitrogen and oxygen atoms in total. The highest BCUT2D eigenvalue weighted by Crippen LogP contribution is 2.12. The molecule has 1 atom stereocenters. The number of aromatic amines is 1. The van der Waals surface area contributed by atoms with Crippen molar-refractivity contribution in [2.75, 3.05) is 6.54 Å². The van der Waals surface area contributed by atoms with Gasteiger partial charge in [-0.25, -0.2) is 13.1 Å². The third-order valence-electron chi connectivity index (χ3n) is 2.85. The summed E-state index contributed by atoms with van der Waals surface area (Å²) in [7, 11) is -3.40. The number of aromatic nitrogens is 1. The maximum absolute atomic E-state index is 12.1. The Bertz CT molecular complexity index is 468. The molecule has 0 bridgehead atoms. The van der Waals surface area contributed by atoms with E-state index in [1.807, 2.05) is 13.8 Å². The second kappa shape index (κ2) is 7.67. The molecule has 0 saturated heterocycles. The Morgan fingerprint density at radius 1 is 1.32 bits per heavy atom. The molecule has 0 aliphatic carbocycles. The highest BCUT2D eigenvalue weighted by molar-refractivity contribution is 7.89. The van der Waals surface area contributed by atoms with Gasteiger partial charge >= 0.3 is 0 Å². The largest absolute Gasteiger partial charge is 0.363 e. The topological polar surface area (TPSA) is 74.0 Å². The van der Waals surface area contributed by atoms with Crippen molar-refractivity contribution in [1.29, 1.82) is 0 Å². The molecular weight excluding hydrogens is 262 g/mol. The van der Waals surface area contributed by atoms with Crippen LogP contribution in [0.3, 0.4) is 0 Å². The first-order valence-electron chi connectivity index (χ1n) is 6.90. The Kier molecular flexibility index (Phi) is 6.54. The Hall–Kier alpha value is -0.850. The van der Waals surface area contributed by atoms with E-state index in [0.29, 0.717) is 11.4 Å². The van der Waals surface area contributed by atoms with Crippen LogP contribution in [0.25, 0.3) is 0 Å². The highest BCUT2D eigenvalue weighted by atomic mass is 32.2. The Labute approximate surface area is 116 Å². The summed E-state index contributed by atoms with van der Waals surface area (Å²) < 4.78 is 26.9. The van der Waals surface area contributed by atoms with Crippen molar-refractivity contribution in [1.82, 2.24) is 15.0 Å². The summed E-state index contributed by atoms with van der Waals surface area (Å²) in [6.45, 7) is 7.60. The predicted octanol–water partition coefficient (Wildman–Crippen LogP) is 1.98. The van der Waals surface area contributed by atoms with Gasteiger partial charge in [0.1, 0.15) is 0 Å². The molecule has 1 aromatic rings. The third kappa shape index (κ3) is 5.34. The first-order valence-corrected chi connectivity index (χ1v) is 8.38. The SMILES string of the molecule is CCCNCc1cc(S(=O)(=O)NC(C)CCC)c[nH]1. The van der Waals surface area contributed by atoms with E-state index in [-0.39, 0.29) is 6.04 Å². The summed E-state index contributed by atoms with van der Waals surface area (Å²) in [5.41, 5.74) is 0.886. The van der Waals surface area contributed by atoms with Gasteiger partial charge < -0.3 is 10.3 Å². The number of rotatable bonds is 9. The molecule has 6 heteroatoms. The van der Waals surface area contributed by atoms with Gasteiger partial charge in [0.25, 0.3) is 0 Å². The summed E-state index contributed by atoms with van der Waals surface area (Å²) in [6, 6.07) is 1.65. The standard InChI is InChI=1S/C13H25N3O2S/c1-4-6-11(3)16-19(17,18)13-8-12(15-10-13)9-14-7-5-2/h8,10-11,14-16H,4-7,9H2,1-3H3. The van der Waals surface area contributed by atoms with Crippen LogP contribution in [0.2, 0.25) is 0 Å². The van der Waals surface area contributed by atoms with Crippen LogP contribution in [0.4, 0.5) is 0 Å². The minimum atomic E-state index is -3.40. The normalized spacial score (nSPS) is 13.6. The van der Waals surface area contributed by atoms with E-state index >= 15 is 0 Å². The molecule has 0 aliphatic heterocycles. The average molecular weight is 287 g/mol. The van der Waals surface area contributed by atoms with Gasteiger partial charge in [0.2, 0.25) is 10.0 Å². The molecule has 1 heterocycles. The zero-order chi connectivity index (χ0) is 14.3. The van der Waals surface area contributed by atoms with Gasteiger partial charge in [0, 0.05) is 24.5 Å². The predicted molar refractivity (Wildman–Crippen MR) is 77.5 cm³/mol. The van der Waals surface area contributed by atoms with E-state index in [1.54, 1.807) is 12.3 Å². The van der Waals surface area contributed by atoms with Gasteiger partial charge in [-0.2, -0.15) is 0 Å². The Morgan fingerprint density at radius 3 is 2.68 bits per heavy atom. The lowest BCUT2D eigenvalue weighted by Crippen LogP contribution is -2.32. The quantitative estimate of drug-likeness (QED) is 0.608. The fourth-order valence-corrected chi connectivity index (χ4v) is 3.20. The summed E-state index contributed by atoms with van der Waals surface area (Å²) in [6.07, 6.45) is 4.41. The zero-order valence-electron chi connectivity index (χ0n) is 12.0. The molecule has 0 spiro atoms. The van der Waals surface area contributed by atoms with Crippen LogP contribution in [-0.2, 0) is 16.6 Å². The summed E-state index contributed by atoms with van der Waals surface area (Å²) in [5, 5.41) is 3.23. The highest BCUT2D eigenvalue weighted by Gasteiger charge is 2.18. The van der Waals surface area contributed by atoms with Crippen molar-refractivity contribution in [3.63, 3.8) is 0 Å². The maximum Gasteiger partial charge on any atom is 0.242 e. The molecule has 0 fully saturated rings. The molecule has 0 saturated carbocycles. The first kappa shape index (κ1) is 16.2. The van der Waals surface area contributed by atoms with Gasteiger partial charge in [0.15, 0.2) is 0 Å². The zero-order valence-corrected chi connectivity index (χ0v) is 12.8. The van der Waals surface area contributed by atoms with E-state index in [4.69, 9.17) is 0 Å². The van der Waals surface area contributed by atoms with Crippen molar-refractivity contribution in [2.45, 2.75) is 57.5 Å². The van der Waals surface area contributed by atoms with Crippen LogP contribution in [0.5, 0.6) is 0 Å². The van der Waals surface area contributed by atoms with Gasteiger partial charge in [-0.05, 0) is 32.4 Å². The number of hydrogen-bond acceptors (Lipinski definition) is 3. The van der Waals surface area contributed by atoms with Crippen molar-refractivity contribution in [3.05, 3.63) is 18.0 Å². The summed E-state index contributed by atoms with van der Waals surface area (Å²) >= 11 is 0. The molecule has 1 rings (SSSR count). The van der Waals surface area contributed by atoms with Crippen molar-refractivity contribution < 1.29 is 8.42 Å². The molecule has 110 valence electrons. The molecule has 0 radical (unpaired) electrons. The fraction of sp³-hybridized carbons (Fsp3) is 0.692. The molecule has 1 aromatic heterocycles. The minimum Gasteiger partial charge on any atom is -0.363 e. The third-order valence-corrected chi connectivity index (χ3v) is 4.42. The second-order valence-electron chi connectivity index (χ2n) is 4.85. The van der Waals surface area contributed by atoms with Crippen LogP contribution >= 0.6 is 0 Å². The molecule has 0 aliphatic rings. The Balaban J connectivity index is 2.63. The monoisotopic (exact) mass is 287 g/mol. The van der Waals surface area contributed by atoms with Crippen molar-refractivity contribution in [2.24, 2.45) is 0 Å². The molecule has 1 unspecified atom stereocenters. The van der Waals surface area contributed by atoms with E-state index in [1.165, 1.54) is 0 Å². The van der Waals surface area contributed by atoms with Gasteiger partial charge in [-0.1, -0.05) is 20.3 Å². The van der Waals surface area contributed by atoms with Gasteiger partial charge in [0.05, 0.1) is 4.90 Å². The lowest BCUT2D eigenvalue weighted by Gasteiger charge is -2.11. The number of sulfonamides is 1. The van der Waals surface area contributed by atoms with Crippen LogP contribution in [0.1, 0.15) is 45.7 Å². The van der Waals surface area contributed by atoms with Gasteiger partial charge in [-0.15, -0.1) is 0 Å². The summed E-state index contributed by atoms with van der Waals surface area (Å²) in [5.74, 6) is 0. The maximum atomic E-state index is 12.1. The molecule has 3 N–H and O–H groups in total. The molecular formula is C13H25N3O2S. The fourth-order valence-electron chi connectivity index (χ4n) is 1.90. The smallest absolute Gasteiger partial charge is 0.242 e. The number of H-pyrrole nitrogens is 1. The van der Waals surface area contributed by atoms with E-state index in [9.17, 15) is 8.42 Å². The minimum absolute atomic E-state index is 0.0356. The lowest BCUT2D eigenvalue weighted by molar-refractivity contribution is 0.544. The van der Waals surface area contributed by atoms with Gasteiger partial charge in [-0.3, -0.25) is 0 Å². The van der Waals surface area contributed by atoms with Crippen LogP contribution in [0.15, 0.2) is 17.2 Å². The molecule has 0 amide bonds. The Morgan fingerprint density at radius 2 is 2.05 bits per heavy atom. The van der Waals surface area contributed by atoms with Crippen LogP contribution < -0.4 is 10.0 Å². The number of hydrogen-bond donors (Lipinski definition) is 3. The average Bonchev–Trinajstić information content (AvgIpc) is 2.78. The van der Waals surface area contributed by atoms with E-state index in [0.717, 1.165) is 31.5 Å². The van der Waals surface area contributed by atoms with Crippen molar-refractivity contribution >= 4 is 10.0 Å². The molecule has 19 heavy (non-hydrogen) atoms. The number of nitrogens with one attached hydrogen (secondary N) is 3. The summed E-state index contributed by atoms with van der Waals surface area (Å²) in [4.78, 5) is 3.30. The van der Waals surface area contributed by atoms with Crippen molar-refractivity contribution in [3.8, 4) is 0 Å². The second-order valence-corrected chi connectivity index (χ2v) is 6.56. The first-order chi connectivity index (χ1) is 8.99. The lowest BCUT2D eigenvalue weighted by atomic mass is 10.2. The van der Waals surface area contributed by atoms with Crippen LogP contribution in [-0.4, -0.2) is 26.0 Å². The van der Waals surface area contributed by atoms with E-state index in [2.05, 4.69) is 21.9 Å². The van der Waals surface area contributed by atoms with E-state index < -0.39 is 10.0 Å².